The molecule has 0 aliphatic rings. The lowest BCUT2D eigenvalue weighted by atomic mass is 10.1. The number of aryl methyl sites for hydroxylation is 1. The summed E-state index contributed by atoms with van der Waals surface area (Å²) in [6, 6.07) is 5.36. The lowest BCUT2D eigenvalue weighted by molar-refractivity contribution is -0.129. The first-order valence-corrected chi connectivity index (χ1v) is 7.95. The number of likely N-dealkylation sites (N-methyl/N-ethyl adjacent to an activating group) is 1. The van der Waals surface area contributed by atoms with Gasteiger partial charge in [-0.15, -0.1) is 0 Å². The van der Waals surface area contributed by atoms with E-state index in [9.17, 15) is 9.59 Å². The quantitative estimate of drug-likeness (QED) is 0.816. The number of carbonyl (C=O) groups is 2. The Hall–Kier alpha value is -2.50. The van der Waals surface area contributed by atoms with Gasteiger partial charge in [0.05, 0.1) is 12.7 Å². The van der Waals surface area contributed by atoms with Gasteiger partial charge in [-0.2, -0.15) is 0 Å². The first-order chi connectivity index (χ1) is 11.4. The van der Waals surface area contributed by atoms with Gasteiger partial charge in [0.1, 0.15) is 23.6 Å². The van der Waals surface area contributed by atoms with Gasteiger partial charge in [-0.25, -0.2) is 0 Å². The maximum atomic E-state index is 13.0. The van der Waals surface area contributed by atoms with Crippen molar-refractivity contribution in [1.29, 1.82) is 0 Å². The molecular formula is C18H24N2O4. The second-order valence-electron chi connectivity index (χ2n) is 5.91. The predicted octanol–water partition coefficient (Wildman–Crippen LogP) is 2.69. The number of rotatable bonds is 6. The smallest absolute Gasteiger partial charge is 0.258 e. The molecular weight excluding hydrogens is 308 g/mol. The van der Waals surface area contributed by atoms with E-state index in [0.29, 0.717) is 34.6 Å². The van der Waals surface area contributed by atoms with Crippen LogP contribution in [0.2, 0.25) is 0 Å². The van der Waals surface area contributed by atoms with Crippen molar-refractivity contribution in [2.45, 2.75) is 20.3 Å². The number of furan rings is 1. The molecule has 0 unspecified atom stereocenters. The van der Waals surface area contributed by atoms with E-state index in [-0.39, 0.29) is 18.4 Å². The van der Waals surface area contributed by atoms with Crippen LogP contribution in [0.25, 0.3) is 11.0 Å². The van der Waals surface area contributed by atoms with E-state index in [1.54, 1.807) is 51.2 Å². The zero-order valence-electron chi connectivity index (χ0n) is 14.9. The number of hydrogen-bond acceptors (Lipinski definition) is 4. The van der Waals surface area contributed by atoms with Gasteiger partial charge in [0.25, 0.3) is 5.91 Å². The highest BCUT2D eigenvalue weighted by Gasteiger charge is 2.25. The molecule has 0 saturated carbocycles. The van der Waals surface area contributed by atoms with Gasteiger partial charge >= 0.3 is 0 Å². The Morgan fingerprint density at radius 2 is 1.96 bits per heavy atom. The van der Waals surface area contributed by atoms with Crippen LogP contribution in [0.4, 0.5) is 0 Å². The molecule has 0 bridgehead atoms. The number of hydrogen-bond donors (Lipinski definition) is 0. The average Bonchev–Trinajstić information content (AvgIpc) is 2.88. The normalized spacial score (nSPS) is 10.7. The highest BCUT2D eigenvalue weighted by molar-refractivity contribution is 6.08. The molecule has 6 heteroatoms. The molecule has 1 aromatic heterocycles. The van der Waals surface area contributed by atoms with Crippen LogP contribution in [0, 0.1) is 6.92 Å². The Bertz CT molecular complexity index is 749. The molecule has 24 heavy (non-hydrogen) atoms. The van der Waals surface area contributed by atoms with Gasteiger partial charge in [0.2, 0.25) is 5.91 Å². The van der Waals surface area contributed by atoms with Gasteiger partial charge in [0.15, 0.2) is 0 Å². The summed E-state index contributed by atoms with van der Waals surface area (Å²) in [5.74, 6) is 0.891. The summed E-state index contributed by atoms with van der Waals surface area (Å²) in [5, 5.41) is 0.704. The third kappa shape index (κ3) is 3.53. The second kappa shape index (κ2) is 7.38. The van der Waals surface area contributed by atoms with Gasteiger partial charge in [-0.3, -0.25) is 9.59 Å². The van der Waals surface area contributed by atoms with E-state index in [0.717, 1.165) is 6.42 Å². The Balaban J connectivity index is 2.43. The van der Waals surface area contributed by atoms with Crippen LogP contribution in [0.15, 0.2) is 22.6 Å². The minimum Gasteiger partial charge on any atom is -0.497 e. The SMILES string of the molecule is CCCN(CC(=O)N(C)C)C(=O)c1c(C)oc2ccc(OC)cc12. The lowest BCUT2D eigenvalue weighted by Crippen LogP contribution is -2.40. The molecule has 0 saturated heterocycles. The van der Waals surface area contributed by atoms with Crippen molar-refractivity contribution in [3.63, 3.8) is 0 Å². The van der Waals surface area contributed by atoms with Crippen molar-refractivity contribution in [2.24, 2.45) is 0 Å². The molecule has 0 N–H and O–H groups in total. The molecule has 6 nitrogen and oxygen atoms in total. The Morgan fingerprint density at radius 1 is 1.25 bits per heavy atom. The number of methoxy groups -OCH3 is 1. The maximum absolute atomic E-state index is 13.0. The molecule has 0 spiro atoms. The monoisotopic (exact) mass is 332 g/mol. The number of fused-ring (bicyclic) bond motifs is 1. The van der Waals surface area contributed by atoms with Crippen LogP contribution in [0.1, 0.15) is 29.5 Å². The molecule has 1 aromatic carbocycles. The van der Waals surface area contributed by atoms with Crippen LogP contribution >= 0.6 is 0 Å². The van der Waals surface area contributed by atoms with Gasteiger partial charge in [-0.1, -0.05) is 6.92 Å². The highest BCUT2D eigenvalue weighted by atomic mass is 16.5. The number of amides is 2. The van der Waals surface area contributed by atoms with Crippen LogP contribution in [0.5, 0.6) is 5.75 Å². The molecule has 0 aliphatic heterocycles. The summed E-state index contributed by atoms with van der Waals surface area (Å²) >= 11 is 0. The highest BCUT2D eigenvalue weighted by Crippen LogP contribution is 2.30. The van der Waals surface area contributed by atoms with Crippen LogP contribution in [-0.4, -0.2) is 55.9 Å². The largest absolute Gasteiger partial charge is 0.497 e. The van der Waals surface area contributed by atoms with Crippen molar-refractivity contribution >= 4 is 22.8 Å². The zero-order valence-corrected chi connectivity index (χ0v) is 14.9. The first kappa shape index (κ1) is 17.8. The third-order valence-corrected chi connectivity index (χ3v) is 3.89. The first-order valence-electron chi connectivity index (χ1n) is 7.95. The predicted molar refractivity (Wildman–Crippen MR) is 92.4 cm³/mol. The van der Waals surface area contributed by atoms with Crippen molar-refractivity contribution < 1.29 is 18.7 Å². The van der Waals surface area contributed by atoms with E-state index >= 15 is 0 Å². The van der Waals surface area contributed by atoms with E-state index in [4.69, 9.17) is 9.15 Å². The summed E-state index contributed by atoms with van der Waals surface area (Å²) in [6.07, 6.45) is 0.768. The number of benzene rings is 1. The molecule has 0 aliphatic carbocycles. The van der Waals surface area contributed by atoms with Crippen molar-refractivity contribution in [1.82, 2.24) is 9.80 Å². The standard InChI is InChI=1S/C18H24N2O4/c1-6-9-20(11-16(21)19(3)4)18(22)17-12(2)24-15-8-7-13(23-5)10-14(15)17/h7-8,10H,6,9,11H2,1-5H3. The Labute approximate surface area is 142 Å². The average molecular weight is 332 g/mol. The summed E-state index contributed by atoms with van der Waals surface area (Å²) in [5.41, 5.74) is 1.12. The summed E-state index contributed by atoms with van der Waals surface area (Å²) < 4.78 is 10.9. The molecule has 0 fully saturated rings. The fraction of sp³-hybridized carbons (Fsp3) is 0.444. The van der Waals surface area contributed by atoms with Gasteiger partial charge in [0, 0.05) is 26.0 Å². The molecule has 1 heterocycles. The van der Waals surface area contributed by atoms with Crippen molar-refractivity contribution in [3.05, 3.63) is 29.5 Å². The molecule has 2 rings (SSSR count). The molecule has 2 aromatic rings. The minimum absolute atomic E-state index is 0.0513. The van der Waals surface area contributed by atoms with Crippen LogP contribution in [-0.2, 0) is 4.79 Å². The lowest BCUT2D eigenvalue weighted by Gasteiger charge is -2.23. The second-order valence-corrected chi connectivity index (χ2v) is 5.91. The van der Waals surface area contributed by atoms with Crippen molar-refractivity contribution in [3.8, 4) is 5.75 Å². The van der Waals surface area contributed by atoms with Gasteiger partial charge < -0.3 is 19.0 Å². The molecule has 130 valence electrons. The van der Waals surface area contributed by atoms with Crippen molar-refractivity contribution in [2.75, 3.05) is 34.3 Å². The summed E-state index contributed by atoms with van der Waals surface area (Å²) in [7, 11) is 4.94. The number of nitrogens with zero attached hydrogens (tertiary/aromatic N) is 2. The topological polar surface area (TPSA) is 63.0 Å². The summed E-state index contributed by atoms with van der Waals surface area (Å²) in [6.45, 7) is 4.30. The van der Waals surface area contributed by atoms with Gasteiger partial charge in [-0.05, 0) is 31.5 Å². The maximum Gasteiger partial charge on any atom is 0.258 e. The van der Waals surface area contributed by atoms with E-state index in [2.05, 4.69) is 0 Å². The molecule has 2 amide bonds. The fourth-order valence-electron chi connectivity index (χ4n) is 2.58. The molecule has 0 atom stereocenters. The number of carbonyl (C=O) groups excluding carboxylic acids is 2. The minimum atomic E-state index is -0.198. The third-order valence-electron chi connectivity index (χ3n) is 3.89. The van der Waals surface area contributed by atoms with Crippen LogP contribution < -0.4 is 4.74 Å². The van der Waals surface area contributed by atoms with E-state index in [1.165, 1.54) is 4.90 Å². The Morgan fingerprint density at radius 3 is 2.54 bits per heavy atom. The van der Waals surface area contributed by atoms with E-state index in [1.807, 2.05) is 6.92 Å². The Kier molecular flexibility index (Phi) is 5.49. The molecule has 0 radical (unpaired) electrons. The zero-order chi connectivity index (χ0) is 17.9. The number of ether oxygens (including phenoxy) is 1. The summed E-state index contributed by atoms with van der Waals surface area (Å²) in [4.78, 5) is 28.1. The van der Waals surface area contributed by atoms with Crippen LogP contribution in [0.3, 0.4) is 0 Å². The van der Waals surface area contributed by atoms with E-state index < -0.39 is 0 Å². The fourth-order valence-corrected chi connectivity index (χ4v) is 2.58.